The molecule has 0 saturated carbocycles. The van der Waals surface area contributed by atoms with E-state index in [2.05, 4.69) is 0 Å². The highest BCUT2D eigenvalue weighted by Crippen LogP contribution is 2.25. The lowest BCUT2D eigenvalue weighted by Gasteiger charge is -2.21. The van der Waals surface area contributed by atoms with Crippen LogP contribution in [0.2, 0.25) is 5.02 Å². The van der Waals surface area contributed by atoms with Crippen LogP contribution in [-0.2, 0) is 4.74 Å². The number of hydrogen-bond acceptors (Lipinski definition) is 2. The zero-order valence-corrected chi connectivity index (χ0v) is 9.77. The first-order chi connectivity index (χ1) is 8.09. The minimum Gasteiger partial charge on any atom is -0.381 e. The molecule has 1 aromatic carbocycles. The van der Waals surface area contributed by atoms with Gasteiger partial charge in [0.1, 0.15) is 11.6 Å². The molecular formula is C12H11ClF2O2. The van der Waals surface area contributed by atoms with Gasteiger partial charge >= 0.3 is 0 Å². The molecule has 1 aliphatic heterocycles. The van der Waals surface area contributed by atoms with Crippen LogP contribution in [0.15, 0.2) is 12.1 Å². The summed E-state index contributed by atoms with van der Waals surface area (Å²) in [4.78, 5) is 12.0. The number of hydrogen-bond donors (Lipinski definition) is 0. The Morgan fingerprint density at radius 2 is 1.88 bits per heavy atom. The molecule has 5 heteroatoms. The van der Waals surface area contributed by atoms with E-state index in [1.807, 2.05) is 0 Å². The van der Waals surface area contributed by atoms with Crippen LogP contribution in [0, 0.1) is 17.6 Å². The van der Waals surface area contributed by atoms with Gasteiger partial charge in [-0.05, 0) is 25.0 Å². The van der Waals surface area contributed by atoms with Crippen LogP contribution in [-0.4, -0.2) is 19.0 Å². The Bertz CT molecular complexity index is 442. The smallest absolute Gasteiger partial charge is 0.169 e. The fourth-order valence-corrected chi connectivity index (χ4v) is 2.04. The normalized spacial score (nSPS) is 17.1. The summed E-state index contributed by atoms with van der Waals surface area (Å²) in [5.74, 6) is -2.21. The second kappa shape index (κ2) is 5.10. The number of benzene rings is 1. The second-order valence-electron chi connectivity index (χ2n) is 4.00. The van der Waals surface area contributed by atoms with Gasteiger partial charge in [0.25, 0.3) is 0 Å². The predicted molar refractivity (Wildman–Crippen MR) is 59.2 cm³/mol. The molecule has 1 aromatic rings. The molecule has 1 heterocycles. The minimum atomic E-state index is -0.775. The molecule has 0 aliphatic carbocycles. The lowest BCUT2D eigenvalue weighted by Crippen LogP contribution is -2.24. The van der Waals surface area contributed by atoms with Crippen molar-refractivity contribution in [2.45, 2.75) is 12.8 Å². The number of carbonyl (C=O) groups is 1. The van der Waals surface area contributed by atoms with Crippen molar-refractivity contribution in [2.75, 3.05) is 13.2 Å². The highest BCUT2D eigenvalue weighted by atomic mass is 35.5. The number of rotatable bonds is 2. The first-order valence-electron chi connectivity index (χ1n) is 5.36. The summed E-state index contributed by atoms with van der Waals surface area (Å²) in [5.41, 5.74) is -0.223. The Morgan fingerprint density at radius 3 is 2.53 bits per heavy atom. The molecular weight excluding hydrogens is 250 g/mol. The van der Waals surface area contributed by atoms with Gasteiger partial charge in [-0.15, -0.1) is 0 Å². The monoisotopic (exact) mass is 260 g/mol. The number of carbonyl (C=O) groups excluding carboxylic acids is 1. The third kappa shape index (κ3) is 2.64. The Hall–Kier alpha value is -1.00. The topological polar surface area (TPSA) is 26.3 Å². The zero-order chi connectivity index (χ0) is 12.4. The van der Waals surface area contributed by atoms with E-state index >= 15 is 0 Å². The van der Waals surface area contributed by atoms with E-state index in [4.69, 9.17) is 16.3 Å². The van der Waals surface area contributed by atoms with Gasteiger partial charge in [-0.1, -0.05) is 11.6 Å². The van der Waals surface area contributed by atoms with E-state index in [0.717, 1.165) is 12.1 Å². The number of halogens is 3. The van der Waals surface area contributed by atoms with Gasteiger partial charge < -0.3 is 4.74 Å². The van der Waals surface area contributed by atoms with Crippen molar-refractivity contribution in [2.24, 2.45) is 5.92 Å². The maximum Gasteiger partial charge on any atom is 0.169 e. The Morgan fingerprint density at radius 1 is 1.24 bits per heavy atom. The first-order valence-corrected chi connectivity index (χ1v) is 5.74. The van der Waals surface area contributed by atoms with Crippen LogP contribution in [0.4, 0.5) is 8.78 Å². The SMILES string of the molecule is O=C(c1cc(F)c(Cl)cc1F)C1CCOCC1. The fourth-order valence-electron chi connectivity index (χ4n) is 1.89. The molecule has 1 saturated heterocycles. The van der Waals surface area contributed by atoms with Crippen molar-refractivity contribution in [1.29, 1.82) is 0 Å². The predicted octanol–water partition coefficient (Wildman–Crippen LogP) is 3.23. The third-order valence-electron chi connectivity index (χ3n) is 2.87. The molecule has 0 amide bonds. The summed E-state index contributed by atoms with van der Waals surface area (Å²) in [7, 11) is 0. The number of Topliss-reactive ketones (excluding diaryl/α,β-unsaturated/α-hetero) is 1. The fraction of sp³-hybridized carbons (Fsp3) is 0.417. The van der Waals surface area contributed by atoms with E-state index in [9.17, 15) is 13.6 Å². The van der Waals surface area contributed by atoms with Gasteiger partial charge in [0.05, 0.1) is 10.6 Å². The van der Waals surface area contributed by atoms with E-state index in [-0.39, 0.29) is 22.3 Å². The highest BCUT2D eigenvalue weighted by molar-refractivity contribution is 6.30. The summed E-state index contributed by atoms with van der Waals surface area (Å²) in [6.07, 6.45) is 1.09. The molecule has 0 spiro atoms. The van der Waals surface area contributed by atoms with Crippen LogP contribution in [0.5, 0.6) is 0 Å². The van der Waals surface area contributed by atoms with E-state index in [0.29, 0.717) is 26.1 Å². The van der Waals surface area contributed by atoms with Crippen molar-refractivity contribution >= 4 is 17.4 Å². The standard InChI is InChI=1S/C12H11ClF2O2/c13-9-6-10(14)8(5-11(9)15)12(16)7-1-3-17-4-2-7/h5-7H,1-4H2. The van der Waals surface area contributed by atoms with Crippen molar-refractivity contribution < 1.29 is 18.3 Å². The van der Waals surface area contributed by atoms with Crippen LogP contribution in [0.25, 0.3) is 0 Å². The lowest BCUT2D eigenvalue weighted by atomic mass is 9.91. The maximum atomic E-state index is 13.5. The van der Waals surface area contributed by atoms with Crippen molar-refractivity contribution in [3.63, 3.8) is 0 Å². The molecule has 0 unspecified atom stereocenters. The molecule has 17 heavy (non-hydrogen) atoms. The molecule has 1 aliphatic rings. The Labute approximate surface area is 103 Å². The van der Waals surface area contributed by atoms with Crippen LogP contribution in [0.3, 0.4) is 0 Å². The molecule has 1 fully saturated rings. The van der Waals surface area contributed by atoms with Crippen LogP contribution in [0.1, 0.15) is 23.2 Å². The maximum absolute atomic E-state index is 13.5. The van der Waals surface area contributed by atoms with Gasteiger partial charge in [0.15, 0.2) is 5.78 Å². The van der Waals surface area contributed by atoms with Crippen LogP contribution >= 0.6 is 11.6 Å². The molecule has 0 radical (unpaired) electrons. The second-order valence-corrected chi connectivity index (χ2v) is 4.40. The summed E-state index contributed by atoms with van der Waals surface area (Å²) in [6.45, 7) is 0.961. The van der Waals surface area contributed by atoms with Gasteiger partial charge in [-0.25, -0.2) is 8.78 Å². The quantitative estimate of drug-likeness (QED) is 0.603. The van der Waals surface area contributed by atoms with Crippen molar-refractivity contribution in [3.8, 4) is 0 Å². The Kier molecular flexibility index (Phi) is 3.74. The summed E-state index contributed by atoms with van der Waals surface area (Å²) in [6, 6.07) is 1.71. The van der Waals surface area contributed by atoms with E-state index in [1.54, 1.807) is 0 Å². The van der Waals surface area contributed by atoms with Gasteiger partial charge in [0, 0.05) is 19.1 Å². The molecule has 0 aromatic heterocycles. The zero-order valence-electron chi connectivity index (χ0n) is 9.01. The molecule has 0 atom stereocenters. The average Bonchev–Trinajstić information content (AvgIpc) is 2.34. The summed E-state index contributed by atoms with van der Waals surface area (Å²) < 4.78 is 31.9. The van der Waals surface area contributed by atoms with Crippen molar-refractivity contribution in [3.05, 3.63) is 34.4 Å². The number of ether oxygens (including phenoxy) is 1. The van der Waals surface area contributed by atoms with Gasteiger partial charge in [-0.3, -0.25) is 4.79 Å². The molecule has 92 valence electrons. The van der Waals surface area contributed by atoms with E-state index in [1.165, 1.54) is 0 Å². The molecule has 0 bridgehead atoms. The third-order valence-corrected chi connectivity index (χ3v) is 3.16. The number of ketones is 1. The first kappa shape index (κ1) is 12.5. The largest absolute Gasteiger partial charge is 0.381 e. The average molecular weight is 261 g/mol. The van der Waals surface area contributed by atoms with Crippen LogP contribution < -0.4 is 0 Å². The molecule has 0 N–H and O–H groups in total. The molecule has 2 nitrogen and oxygen atoms in total. The summed E-state index contributed by atoms with van der Waals surface area (Å²) in [5, 5.41) is -0.314. The summed E-state index contributed by atoms with van der Waals surface area (Å²) >= 11 is 5.43. The Balaban J connectivity index is 2.26. The lowest BCUT2D eigenvalue weighted by molar-refractivity contribution is 0.0542. The van der Waals surface area contributed by atoms with Gasteiger partial charge in [0.2, 0.25) is 0 Å². The minimum absolute atomic E-state index is 0.223. The highest BCUT2D eigenvalue weighted by Gasteiger charge is 2.25. The molecule has 2 rings (SSSR count). The van der Waals surface area contributed by atoms with Crippen molar-refractivity contribution in [1.82, 2.24) is 0 Å². The van der Waals surface area contributed by atoms with Gasteiger partial charge in [-0.2, -0.15) is 0 Å². The van der Waals surface area contributed by atoms with E-state index < -0.39 is 11.6 Å².